The Morgan fingerprint density at radius 3 is 2.73 bits per heavy atom. The van der Waals surface area contributed by atoms with Crippen LogP contribution in [0.25, 0.3) is 0 Å². The second-order valence-corrected chi connectivity index (χ2v) is 3.13. The third-order valence-corrected chi connectivity index (χ3v) is 2.36. The van der Waals surface area contributed by atoms with Crippen LogP contribution in [0.15, 0.2) is 0 Å². The minimum Gasteiger partial charge on any atom is -0.481 e. The van der Waals surface area contributed by atoms with Crippen molar-refractivity contribution in [2.75, 3.05) is 6.54 Å². The first kappa shape index (κ1) is 8.53. The molecule has 2 atom stereocenters. The standard InChI is InChI=1S/C8H15NO2/c1-2-7-4-3-6(5-9-7)8(10)11/h6-7,9H,2-5H2,1H3,(H,10,11). The van der Waals surface area contributed by atoms with Gasteiger partial charge in [0.1, 0.15) is 0 Å². The third-order valence-electron chi connectivity index (χ3n) is 2.36. The molecule has 3 heteroatoms. The van der Waals surface area contributed by atoms with Crippen molar-refractivity contribution < 1.29 is 9.90 Å². The van der Waals surface area contributed by atoms with Crippen LogP contribution in [-0.2, 0) is 4.79 Å². The highest BCUT2D eigenvalue weighted by Crippen LogP contribution is 2.15. The summed E-state index contributed by atoms with van der Waals surface area (Å²) in [7, 11) is 0. The Bertz CT molecular complexity index is 139. The summed E-state index contributed by atoms with van der Waals surface area (Å²) in [5.74, 6) is -0.815. The SMILES string of the molecule is CCC1CCC(C(=O)O)CN1. The smallest absolute Gasteiger partial charge is 0.307 e. The molecule has 1 fully saturated rings. The average molecular weight is 157 g/mol. The Hall–Kier alpha value is -0.570. The minimum absolute atomic E-state index is 0.155. The molecule has 64 valence electrons. The highest BCUT2D eigenvalue weighted by molar-refractivity contribution is 5.70. The number of carbonyl (C=O) groups is 1. The first-order valence-electron chi connectivity index (χ1n) is 4.20. The lowest BCUT2D eigenvalue weighted by Gasteiger charge is -2.26. The summed E-state index contributed by atoms with van der Waals surface area (Å²) in [5, 5.41) is 11.9. The minimum atomic E-state index is -0.660. The summed E-state index contributed by atoms with van der Waals surface area (Å²) < 4.78 is 0. The summed E-state index contributed by atoms with van der Waals surface area (Å²) in [4.78, 5) is 10.5. The molecule has 0 aromatic heterocycles. The number of nitrogens with one attached hydrogen (secondary N) is 1. The maximum atomic E-state index is 10.5. The first-order valence-corrected chi connectivity index (χ1v) is 4.20. The summed E-state index contributed by atoms with van der Waals surface area (Å²) in [6.45, 7) is 2.77. The molecule has 1 aliphatic rings. The van der Waals surface area contributed by atoms with E-state index in [9.17, 15) is 4.79 Å². The fourth-order valence-electron chi connectivity index (χ4n) is 1.47. The lowest BCUT2D eigenvalue weighted by atomic mass is 9.94. The quantitative estimate of drug-likeness (QED) is 0.624. The topological polar surface area (TPSA) is 49.3 Å². The van der Waals surface area contributed by atoms with E-state index in [1.54, 1.807) is 0 Å². The number of carboxylic acid groups (broad SMARTS) is 1. The van der Waals surface area contributed by atoms with Gasteiger partial charge in [-0.3, -0.25) is 4.79 Å². The van der Waals surface area contributed by atoms with E-state index in [0.717, 1.165) is 19.3 Å². The highest BCUT2D eigenvalue weighted by atomic mass is 16.4. The molecule has 0 aliphatic carbocycles. The van der Waals surface area contributed by atoms with Crippen LogP contribution in [-0.4, -0.2) is 23.7 Å². The molecular weight excluding hydrogens is 142 g/mol. The van der Waals surface area contributed by atoms with Gasteiger partial charge < -0.3 is 10.4 Å². The summed E-state index contributed by atoms with van der Waals surface area (Å²) in [6, 6.07) is 0.547. The van der Waals surface area contributed by atoms with E-state index in [-0.39, 0.29) is 5.92 Å². The van der Waals surface area contributed by atoms with Crippen LogP contribution < -0.4 is 5.32 Å². The Kier molecular flexibility index (Phi) is 2.88. The van der Waals surface area contributed by atoms with Crippen molar-refractivity contribution in [2.45, 2.75) is 32.2 Å². The zero-order valence-electron chi connectivity index (χ0n) is 6.84. The number of aliphatic carboxylic acids is 1. The van der Waals surface area contributed by atoms with Crippen molar-refractivity contribution in [3.05, 3.63) is 0 Å². The van der Waals surface area contributed by atoms with Crippen molar-refractivity contribution in [3.63, 3.8) is 0 Å². The molecule has 0 radical (unpaired) electrons. The van der Waals surface area contributed by atoms with Crippen LogP contribution in [0.4, 0.5) is 0 Å². The van der Waals surface area contributed by atoms with E-state index >= 15 is 0 Å². The number of hydrogen-bond acceptors (Lipinski definition) is 2. The maximum absolute atomic E-state index is 10.5. The van der Waals surface area contributed by atoms with Gasteiger partial charge in [0.15, 0.2) is 0 Å². The second kappa shape index (κ2) is 3.72. The fraction of sp³-hybridized carbons (Fsp3) is 0.875. The van der Waals surface area contributed by atoms with Gasteiger partial charge >= 0.3 is 5.97 Å². The molecule has 0 bridgehead atoms. The lowest BCUT2D eigenvalue weighted by molar-refractivity contribution is -0.142. The molecule has 0 aromatic rings. The van der Waals surface area contributed by atoms with E-state index in [4.69, 9.17) is 5.11 Å². The maximum Gasteiger partial charge on any atom is 0.307 e. The average Bonchev–Trinajstić information content (AvgIpc) is 2.05. The Labute approximate surface area is 66.8 Å². The van der Waals surface area contributed by atoms with Crippen LogP contribution in [0, 0.1) is 5.92 Å². The molecule has 1 saturated heterocycles. The van der Waals surface area contributed by atoms with Crippen molar-refractivity contribution in [3.8, 4) is 0 Å². The molecule has 0 amide bonds. The molecule has 3 nitrogen and oxygen atoms in total. The number of carboxylic acids is 1. The Morgan fingerprint density at radius 2 is 2.36 bits per heavy atom. The van der Waals surface area contributed by atoms with Crippen LogP contribution >= 0.6 is 0 Å². The first-order chi connectivity index (χ1) is 5.24. The normalized spacial score (nSPS) is 31.7. The van der Waals surface area contributed by atoms with Crippen LogP contribution in [0.2, 0.25) is 0 Å². The predicted molar refractivity (Wildman–Crippen MR) is 42.4 cm³/mol. The van der Waals surface area contributed by atoms with Gasteiger partial charge in [0.25, 0.3) is 0 Å². The molecule has 0 saturated carbocycles. The number of piperidine rings is 1. The zero-order valence-corrected chi connectivity index (χ0v) is 6.84. The van der Waals surface area contributed by atoms with Crippen molar-refractivity contribution in [1.29, 1.82) is 0 Å². The van der Waals surface area contributed by atoms with Crippen LogP contribution in [0.3, 0.4) is 0 Å². The third kappa shape index (κ3) is 2.19. The van der Waals surface area contributed by atoms with E-state index in [1.807, 2.05) is 0 Å². The van der Waals surface area contributed by atoms with Gasteiger partial charge in [-0.25, -0.2) is 0 Å². The van der Waals surface area contributed by atoms with Gasteiger partial charge in [-0.2, -0.15) is 0 Å². The van der Waals surface area contributed by atoms with Gasteiger partial charge in [-0.1, -0.05) is 6.92 Å². The zero-order chi connectivity index (χ0) is 8.27. The fourth-order valence-corrected chi connectivity index (χ4v) is 1.47. The van der Waals surface area contributed by atoms with Crippen LogP contribution in [0.1, 0.15) is 26.2 Å². The van der Waals surface area contributed by atoms with E-state index in [2.05, 4.69) is 12.2 Å². The molecular formula is C8H15NO2. The predicted octanol–water partition coefficient (Wildman–Crippen LogP) is 0.849. The van der Waals surface area contributed by atoms with Gasteiger partial charge in [-0.05, 0) is 19.3 Å². The highest BCUT2D eigenvalue weighted by Gasteiger charge is 2.23. The molecule has 11 heavy (non-hydrogen) atoms. The summed E-state index contributed by atoms with van der Waals surface area (Å²) >= 11 is 0. The van der Waals surface area contributed by atoms with E-state index in [0.29, 0.717) is 12.6 Å². The van der Waals surface area contributed by atoms with Gasteiger partial charge in [0.05, 0.1) is 5.92 Å². The molecule has 2 unspecified atom stereocenters. The van der Waals surface area contributed by atoms with Crippen molar-refractivity contribution in [1.82, 2.24) is 5.32 Å². The number of rotatable bonds is 2. The van der Waals surface area contributed by atoms with Crippen molar-refractivity contribution >= 4 is 5.97 Å². The van der Waals surface area contributed by atoms with Crippen molar-refractivity contribution in [2.24, 2.45) is 5.92 Å². The molecule has 0 spiro atoms. The van der Waals surface area contributed by atoms with Gasteiger partial charge in [0, 0.05) is 12.6 Å². The Morgan fingerprint density at radius 1 is 1.64 bits per heavy atom. The number of hydrogen-bond donors (Lipinski definition) is 2. The molecule has 1 rings (SSSR count). The molecule has 1 heterocycles. The van der Waals surface area contributed by atoms with Gasteiger partial charge in [-0.15, -0.1) is 0 Å². The Balaban J connectivity index is 2.30. The second-order valence-electron chi connectivity index (χ2n) is 3.13. The monoisotopic (exact) mass is 157 g/mol. The molecule has 1 aliphatic heterocycles. The summed E-state index contributed by atoms with van der Waals surface area (Å²) in [5.41, 5.74) is 0. The van der Waals surface area contributed by atoms with Gasteiger partial charge in [0.2, 0.25) is 0 Å². The summed E-state index contributed by atoms with van der Waals surface area (Å²) in [6.07, 6.45) is 2.95. The lowest BCUT2D eigenvalue weighted by Crippen LogP contribution is -2.41. The largest absolute Gasteiger partial charge is 0.481 e. The van der Waals surface area contributed by atoms with E-state index in [1.165, 1.54) is 0 Å². The van der Waals surface area contributed by atoms with Crippen LogP contribution in [0.5, 0.6) is 0 Å². The van der Waals surface area contributed by atoms with E-state index < -0.39 is 5.97 Å². The molecule has 2 N–H and O–H groups in total. The molecule has 0 aromatic carbocycles.